The van der Waals surface area contributed by atoms with Crippen molar-refractivity contribution in [2.45, 2.75) is 58.4 Å². The Morgan fingerprint density at radius 2 is 2.17 bits per heavy atom. The molecule has 2 aliphatic carbocycles. The number of hydrogen-bond acceptors (Lipinski definition) is 3. The maximum atomic E-state index is 6.34. The molecule has 2 aliphatic rings. The van der Waals surface area contributed by atoms with Gasteiger partial charge in [-0.05, 0) is 57.3 Å². The lowest BCUT2D eigenvalue weighted by Gasteiger charge is -2.24. The number of hydrogen-bond donors (Lipinski definition) is 1. The van der Waals surface area contributed by atoms with Crippen LogP contribution in [0, 0.1) is 31.6 Å². The van der Waals surface area contributed by atoms with E-state index in [1.54, 1.807) is 0 Å². The quantitative estimate of drug-likeness (QED) is 0.904. The highest BCUT2D eigenvalue weighted by molar-refractivity contribution is 7.11. The normalized spacial score (nSPS) is 32.1. The third kappa shape index (κ3) is 2.48. The van der Waals surface area contributed by atoms with E-state index in [9.17, 15) is 0 Å². The van der Waals surface area contributed by atoms with Crippen LogP contribution in [-0.2, 0) is 6.42 Å². The van der Waals surface area contributed by atoms with Crippen molar-refractivity contribution in [3.63, 3.8) is 0 Å². The Morgan fingerprint density at radius 3 is 2.72 bits per heavy atom. The van der Waals surface area contributed by atoms with Crippen molar-refractivity contribution in [3.05, 3.63) is 15.6 Å². The molecule has 18 heavy (non-hydrogen) atoms. The van der Waals surface area contributed by atoms with Crippen LogP contribution in [0.15, 0.2) is 0 Å². The second-order valence-corrected chi connectivity index (χ2v) is 7.67. The van der Waals surface area contributed by atoms with Crippen LogP contribution in [-0.4, -0.2) is 11.0 Å². The summed E-state index contributed by atoms with van der Waals surface area (Å²) in [5.41, 5.74) is 7.53. The summed E-state index contributed by atoms with van der Waals surface area (Å²) in [5.74, 6) is 2.96. The first kappa shape index (κ1) is 12.6. The standard InChI is InChI=1S/C15H24N2S/c1-9-10(2)18-15(17-9)8-14(16)7-13-6-11-3-4-12(13)5-11/h11-14H,3-8,16H2,1-2H3. The van der Waals surface area contributed by atoms with Gasteiger partial charge in [0, 0.05) is 17.3 Å². The fourth-order valence-electron chi connectivity index (χ4n) is 3.99. The van der Waals surface area contributed by atoms with E-state index in [1.165, 1.54) is 47.7 Å². The summed E-state index contributed by atoms with van der Waals surface area (Å²) < 4.78 is 0. The molecule has 0 aliphatic heterocycles. The molecule has 1 aromatic rings. The predicted molar refractivity (Wildman–Crippen MR) is 76.8 cm³/mol. The number of aromatic nitrogens is 1. The molecule has 0 amide bonds. The minimum atomic E-state index is 0.319. The highest BCUT2D eigenvalue weighted by Gasteiger charge is 2.39. The van der Waals surface area contributed by atoms with Crippen molar-refractivity contribution in [2.24, 2.45) is 23.5 Å². The van der Waals surface area contributed by atoms with E-state index in [-0.39, 0.29) is 0 Å². The van der Waals surface area contributed by atoms with E-state index in [2.05, 4.69) is 18.8 Å². The van der Waals surface area contributed by atoms with Crippen molar-refractivity contribution in [1.82, 2.24) is 4.98 Å². The van der Waals surface area contributed by atoms with Gasteiger partial charge < -0.3 is 5.73 Å². The molecule has 0 aromatic carbocycles. The summed E-state index contributed by atoms with van der Waals surface area (Å²) >= 11 is 1.82. The second-order valence-electron chi connectivity index (χ2n) is 6.38. The average Bonchev–Trinajstić information content (AvgIpc) is 2.96. The van der Waals surface area contributed by atoms with Crippen LogP contribution in [0.4, 0.5) is 0 Å². The van der Waals surface area contributed by atoms with Crippen molar-refractivity contribution in [1.29, 1.82) is 0 Å². The molecule has 2 N–H and O–H groups in total. The van der Waals surface area contributed by atoms with Crippen LogP contribution in [0.2, 0.25) is 0 Å². The van der Waals surface area contributed by atoms with Gasteiger partial charge >= 0.3 is 0 Å². The zero-order valence-corrected chi connectivity index (χ0v) is 12.3. The molecule has 100 valence electrons. The van der Waals surface area contributed by atoms with Gasteiger partial charge in [0.15, 0.2) is 0 Å². The Kier molecular flexibility index (Phi) is 3.46. The third-order valence-electron chi connectivity index (χ3n) is 5.00. The van der Waals surface area contributed by atoms with Gasteiger partial charge in [0.2, 0.25) is 0 Å². The van der Waals surface area contributed by atoms with Crippen molar-refractivity contribution in [2.75, 3.05) is 0 Å². The van der Waals surface area contributed by atoms with Crippen LogP contribution >= 0.6 is 11.3 Å². The maximum absolute atomic E-state index is 6.34. The molecule has 1 aromatic heterocycles. The van der Waals surface area contributed by atoms with Crippen LogP contribution in [0.1, 0.15) is 47.7 Å². The summed E-state index contributed by atoms with van der Waals surface area (Å²) in [4.78, 5) is 5.96. The Hall–Kier alpha value is -0.410. The average molecular weight is 264 g/mol. The molecular weight excluding hydrogens is 240 g/mol. The first-order chi connectivity index (χ1) is 8.61. The summed E-state index contributed by atoms with van der Waals surface area (Å²) in [6, 6.07) is 0.319. The molecule has 3 rings (SSSR count). The zero-order valence-electron chi connectivity index (χ0n) is 11.5. The summed E-state index contributed by atoms with van der Waals surface area (Å²) in [7, 11) is 0. The largest absolute Gasteiger partial charge is 0.327 e. The van der Waals surface area contributed by atoms with E-state index in [1.807, 2.05) is 11.3 Å². The Labute approximate surface area is 114 Å². The molecule has 2 fully saturated rings. The molecule has 0 radical (unpaired) electrons. The lowest BCUT2D eigenvalue weighted by atomic mass is 9.84. The lowest BCUT2D eigenvalue weighted by Crippen LogP contribution is -2.28. The number of thiazole rings is 1. The molecular formula is C15H24N2S. The first-order valence-electron chi connectivity index (χ1n) is 7.30. The Balaban J connectivity index is 1.54. The van der Waals surface area contributed by atoms with Gasteiger partial charge in [0.25, 0.3) is 0 Å². The summed E-state index contributed by atoms with van der Waals surface area (Å²) in [5, 5.41) is 1.24. The maximum Gasteiger partial charge on any atom is 0.0946 e. The predicted octanol–water partition coefficient (Wildman–Crippen LogP) is 3.46. The van der Waals surface area contributed by atoms with E-state index in [0.717, 1.165) is 24.2 Å². The minimum Gasteiger partial charge on any atom is -0.327 e. The number of rotatable bonds is 4. The van der Waals surface area contributed by atoms with Crippen LogP contribution in [0.5, 0.6) is 0 Å². The molecule has 4 atom stereocenters. The second kappa shape index (κ2) is 4.93. The zero-order chi connectivity index (χ0) is 12.7. The lowest BCUT2D eigenvalue weighted by molar-refractivity contribution is 0.294. The SMILES string of the molecule is Cc1nc(CC(N)CC2CC3CCC2C3)sc1C. The number of fused-ring (bicyclic) bond motifs is 2. The monoisotopic (exact) mass is 264 g/mol. The summed E-state index contributed by atoms with van der Waals surface area (Å²) in [6.07, 6.45) is 8.10. The Bertz CT molecular complexity index is 407. The number of aryl methyl sites for hydroxylation is 2. The molecule has 4 unspecified atom stereocenters. The fraction of sp³-hybridized carbons (Fsp3) is 0.800. The van der Waals surface area contributed by atoms with E-state index >= 15 is 0 Å². The van der Waals surface area contributed by atoms with Crippen LogP contribution < -0.4 is 5.73 Å². The highest BCUT2D eigenvalue weighted by Crippen LogP contribution is 2.49. The van der Waals surface area contributed by atoms with E-state index < -0.39 is 0 Å². The number of nitrogens with two attached hydrogens (primary N) is 1. The molecule has 0 saturated heterocycles. The highest BCUT2D eigenvalue weighted by atomic mass is 32.1. The number of nitrogens with zero attached hydrogens (tertiary/aromatic N) is 1. The minimum absolute atomic E-state index is 0.319. The smallest absolute Gasteiger partial charge is 0.0946 e. The van der Waals surface area contributed by atoms with Crippen LogP contribution in [0.25, 0.3) is 0 Å². The van der Waals surface area contributed by atoms with Crippen LogP contribution in [0.3, 0.4) is 0 Å². The van der Waals surface area contributed by atoms with Crippen molar-refractivity contribution >= 4 is 11.3 Å². The molecule has 0 spiro atoms. The summed E-state index contributed by atoms with van der Waals surface area (Å²) in [6.45, 7) is 4.24. The molecule has 2 bridgehead atoms. The van der Waals surface area contributed by atoms with Gasteiger partial charge in [-0.25, -0.2) is 4.98 Å². The fourth-order valence-corrected chi connectivity index (χ4v) is 5.01. The van der Waals surface area contributed by atoms with Gasteiger partial charge in [0.05, 0.1) is 10.7 Å². The van der Waals surface area contributed by atoms with E-state index in [4.69, 9.17) is 5.73 Å². The van der Waals surface area contributed by atoms with Gasteiger partial charge in [-0.2, -0.15) is 0 Å². The van der Waals surface area contributed by atoms with Crippen molar-refractivity contribution in [3.8, 4) is 0 Å². The topological polar surface area (TPSA) is 38.9 Å². The van der Waals surface area contributed by atoms with Gasteiger partial charge in [-0.1, -0.05) is 6.42 Å². The molecule has 1 heterocycles. The molecule has 2 saturated carbocycles. The Morgan fingerprint density at radius 1 is 1.33 bits per heavy atom. The third-order valence-corrected chi connectivity index (χ3v) is 6.09. The molecule has 2 nitrogen and oxygen atoms in total. The van der Waals surface area contributed by atoms with Gasteiger partial charge in [0.1, 0.15) is 0 Å². The first-order valence-corrected chi connectivity index (χ1v) is 8.12. The van der Waals surface area contributed by atoms with Gasteiger partial charge in [-0.15, -0.1) is 11.3 Å². The van der Waals surface area contributed by atoms with Gasteiger partial charge in [-0.3, -0.25) is 0 Å². The van der Waals surface area contributed by atoms with E-state index in [0.29, 0.717) is 6.04 Å². The van der Waals surface area contributed by atoms with Crippen molar-refractivity contribution < 1.29 is 0 Å². The molecule has 3 heteroatoms.